The third kappa shape index (κ3) is 1.22. The number of aromatic carboxylic acids is 1. The standard InChI is InChI=1S/C15H13NO2/c17-15(18)12-6-9-11(16-12)7-10-13(14(9)10)8-4-2-1-3-5-8/h1-6,10,13-14,16H,7H2,(H,17,18). The highest BCUT2D eigenvalue weighted by atomic mass is 16.4. The van der Waals surface area contributed by atoms with E-state index in [1.54, 1.807) is 0 Å². The van der Waals surface area contributed by atoms with Gasteiger partial charge in [-0.2, -0.15) is 0 Å². The summed E-state index contributed by atoms with van der Waals surface area (Å²) in [7, 11) is 0. The van der Waals surface area contributed by atoms with E-state index in [2.05, 4.69) is 29.2 Å². The van der Waals surface area contributed by atoms with E-state index < -0.39 is 5.97 Å². The molecule has 3 heteroatoms. The van der Waals surface area contributed by atoms with Crippen molar-refractivity contribution in [3.8, 4) is 0 Å². The van der Waals surface area contributed by atoms with Crippen molar-refractivity contribution in [2.75, 3.05) is 0 Å². The number of fused-ring (bicyclic) bond motifs is 3. The van der Waals surface area contributed by atoms with Gasteiger partial charge in [0.25, 0.3) is 0 Å². The first-order valence-corrected chi connectivity index (χ1v) is 6.25. The van der Waals surface area contributed by atoms with Crippen LogP contribution in [-0.4, -0.2) is 16.1 Å². The fourth-order valence-corrected chi connectivity index (χ4v) is 3.51. The third-order valence-corrected chi connectivity index (χ3v) is 4.32. The van der Waals surface area contributed by atoms with E-state index >= 15 is 0 Å². The minimum atomic E-state index is -0.863. The smallest absolute Gasteiger partial charge is 0.352 e. The van der Waals surface area contributed by atoms with Crippen LogP contribution in [0.4, 0.5) is 0 Å². The van der Waals surface area contributed by atoms with Crippen LogP contribution >= 0.6 is 0 Å². The lowest BCUT2D eigenvalue weighted by atomic mass is 10.0. The van der Waals surface area contributed by atoms with Gasteiger partial charge in [0.1, 0.15) is 5.69 Å². The van der Waals surface area contributed by atoms with Crippen LogP contribution in [0.1, 0.15) is 39.1 Å². The number of hydrogen-bond donors (Lipinski definition) is 2. The monoisotopic (exact) mass is 239 g/mol. The van der Waals surface area contributed by atoms with E-state index in [1.165, 1.54) is 11.1 Å². The minimum Gasteiger partial charge on any atom is -0.477 e. The summed E-state index contributed by atoms with van der Waals surface area (Å²) in [5.41, 5.74) is 4.08. The van der Waals surface area contributed by atoms with Crippen molar-refractivity contribution < 1.29 is 9.90 Å². The van der Waals surface area contributed by atoms with Gasteiger partial charge < -0.3 is 10.1 Å². The summed E-state index contributed by atoms with van der Waals surface area (Å²) in [5.74, 6) is 0.942. The van der Waals surface area contributed by atoms with Gasteiger partial charge in [-0.1, -0.05) is 30.3 Å². The summed E-state index contributed by atoms with van der Waals surface area (Å²) in [6, 6.07) is 12.4. The van der Waals surface area contributed by atoms with Crippen LogP contribution in [0.2, 0.25) is 0 Å². The number of carboxylic acids is 1. The Morgan fingerprint density at radius 3 is 2.72 bits per heavy atom. The second-order valence-electron chi connectivity index (χ2n) is 5.25. The maximum atomic E-state index is 10.9. The van der Waals surface area contributed by atoms with Crippen LogP contribution < -0.4 is 0 Å². The molecule has 0 spiro atoms. The summed E-state index contributed by atoms with van der Waals surface area (Å²) in [6.45, 7) is 0. The van der Waals surface area contributed by atoms with Gasteiger partial charge in [-0.3, -0.25) is 0 Å². The molecule has 4 rings (SSSR count). The molecule has 0 amide bonds. The first-order valence-electron chi connectivity index (χ1n) is 6.25. The molecule has 90 valence electrons. The number of aromatic nitrogens is 1. The van der Waals surface area contributed by atoms with Gasteiger partial charge in [0, 0.05) is 5.69 Å². The van der Waals surface area contributed by atoms with Gasteiger partial charge in [-0.05, 0) is 41.4 Å². The molecule has 2 aliphatic rings. The van der Waals surface area contributed by atoms with Crippen molar-refractivity contribution in [1.29, 1.82) is 0 Å². The quantitative estimate of drug-likeness (QED) is 0.846. The summed E-state index contributed by atoms with van der Waals surface area (Å²) < 4.78 is 0. The molecule has 1 saturated carbocycles. The summed E-state index contributed by atoms with van der Waals surface area (Å²) in [6.07, 6.45) is 0.993. The average molecular weight is 239 g/mol. The molecule has 3 atom stereocenters. The Hall–Kier alpha value is -2.03. The van der Waals surface area contributed by atoms with E-state index in [1.807, 2.05) is 12.1 Å². The predicted molar refractivity (Wildman–Crippen MR) is 66.9 cm³/mol. The molecule has 3 unspecified atom stereocenters. The van der Waals surface area contributed by atoms with Crippen LogP contribution in [0.5, 0.6) is 0 Å². The van der Waals surface area contributed by atoms with Gasteiger partial charge in [0.2, 0.25) is 0 Å². The van der Waals surface area contributed by atoms with Crippen molar-refractivity contribution in [3.63, 3.8) is 0 Å². The molecular formula is C15H13NO2. The van der Waals surface area contributed by atoms with E-state index in [9.17, 15) is 4.79 Å². The molecule has 2 N–H and O–H groups in total. The van der Waals surface area contributed by atoms with Gasteiger partial charge in [0.05, 0.1) is 0 Å². The van der Waals surface area contributed by atoms with Gasteiger partial charge >= 0.3 is 5.97 Å². The van der Waals surface area contributed by atoms with Crippen molar-refractivity contribution in [2.24, 2.45) is 5.92 Å². The molecule has 1 aromatic carbocycles. The number of nitrogens with one attached hydrogen (secondary N) is 1. The van der Waals surface area contributed by atoms with E-state index in [4.69, 9.17) is 5.11 Å². The molecule has 2 aromatic rings. The fraction of sp³-hybridized carbons (Fsp3) is 0.267. The Morgan fingerprint density at radius 2 is 2.00 bits per heavy atom. The molecular weight excluding hydrogens is 226 g/mol. The first kappa shape index (κ1) is 9.95. The summed E-state index contributed by atoms with van der Waals surface area (Å²) in [4.78, 5) is 14.0. The zero-order valence-corrected chi connectivity index (χ0v) is 9.76. The number of aromatic amines is 1. The molecule has 0 aliphatic heterocycles. The summed E-state index contributed by atoms with van der Waals surface area (Å²) >= 11 is 0. The van der Waals surface area contributed by atoms with Crippen LogP contribution in [0.3, 0.4) is 0 Å². The normalized spacial score (nSPS) is 27.7. The van der Waals surface area contributed by atoms with Crippen LogP contribution in [0.25, 0.3) is 0 Å². The zero-order valence-electron chi connectivity index (χ0n) is 9.76. The molecule has 0 saturated heterocycles. The Labute approximate surface area is 104 Å². The number of carbonyl (C=O) groups is 1. The van der Waals surface area contributed by atoms with Crippen molar-refractivity contribution >= 4 is 5.97 Å². The van der Waals surface area contributed by atoms with Crippen molar-refractivity contribution in [3.05, 3.63) is 58.9 Å². The fourth-order valence-electron chi connectivity index (χ4n) is 3.51. The molecule has 2 aliphatic carbocycles. The minimum absolute atomic E-state index is 0.331. The molecule has 1 fully saturated rings. The molecule has 1 aromatic heterocycles. The van der Waals surface area contributed by atoms with Crippen molar-refractivity contribution in [1.82, 2.24) is 4.98 Å². The Morgan fingerprint density at radius 1 is 1.22 bits per heavy atom. The average Bonchev–Trinajstić information content (AvgIpc) is 2.75. The van der Waals surface area contributed by atoms with Gasteiger partial charge in [0.15, 0.2) is 0 Å². The molecule has 0 radical (unpaired) electrons. The molecule has 18 heavy (non-hydrogen) atoms. The molecule has 1 heterocycles. The highest BCUT2D eigenvalue weighted by molar-refractivity contribution is 5.86. The Kier molecular flexibility index (Phi) is 1.80. The number of carboxylic acid groups (broad SMARTS) is 1. The van der Waals surface area contributed by atoms with E-state index in [0.29, 0.717) is 23.4 Å². The zero-order chi connectivity index (χ0) is 12.3. The second kappa shape index (κ2) is 3.25. The second-order valence-corrected chi connectivity index (χ2v) is 5.25. The predicted octanol–water partition coefficient (Wildman–Crippen LogP) is 2.77. The number of rotatable bonds is 2. The van der Waals surface area contributed by atoms with Gasteiger partial charge in [-0.15, -0.1) is 0 Å². The largest absolute Gasteiger partial charge is 0.477 e. The van der Waals surface area contributed by atoms with Crippen molar-refractivity contribution in [2.45, 2.75) is 18.3 Å². The highest BCUT2D eigenvalue weighted by Crippen LogP contribution is 2.66. The maximum Gasteiger partial charge on any atom is 0.352 e. The number of benzene rings is 1. The Bertz CT molecular complexity index is 629. The lowest BCUT2D eigenvalue weighted by molar-refractivity contribution is 0.0691. The SMILES string of the molecule is O=C(O)c1cc2c([nH]1)CC1C(c3ccccc3)C21. The van der Waals surface area contributed by atoms with Gasteiger partial charge in [-0.25, -0.2) is 4.79 Å². The maximum absolute atomic E-state index is 10.9. The Balaban J connectivity index is 1.68. The molecule has 0 bridgehead atoms. The third-order valence-electron chi connectivity index (χ3n) is 4.32. The first-order chi connectivity index (χ1) is 8.75. The van der Waals surface area contributed by atoms with E-state index in [-0.39, 0.29) is 0 Å². The summed E-state index contributed by atoms with van der Waals surface area (Å²) in [5, 5.41) is 8.99. The van der Waals surface area contributed by atoms with Crippen LogP contribution in [0.15, 0.2) is 36.4 Å². The van der Waals surface area contributed by atoms with E-state index in [0.717, 1.165) is 12.1 Å². The number of hydrogen-bond acceptors (Lipinski definition) is 1. The highest BCUT2D eigenvalue weighted by Gasteiger charge is 2.56. The number of H-pyrrole nitrogens is 1. The lowest BCUT2D eigenvalue weighted by Crippen LogP contribution is -1.97. The lowest BCUT2D eigenvalue weighted by Gasteiger charge is -2.03. The van der Waals surface area contributed by atoms with Crippen LogP contribution in [0, 0.1) is 5.92 Å². The topological polar surface area (TPSA) is 53.1 Å². The van der Waals surface area contributed by atoms with Crippen LogP contribution in [-0.2, 0) is 6.42 Å². The molecule has 3 nitrogen and oxygen atoms in total.